The molecule has 3 rings (SSSR count). The number of carboxylic acids is 1. The molecule has 0 aromatic heterocycles. The Morgan fingerprint density at radius 3 is 2.04 bits per heavy atom. The molecule has 0 aliphatic heterocycles. The van der Waals surface area contributed by atoms with E-state index >= 15 is 0 Å². The van der Waals surface area contributed by atoms with E-state index in [1.165, 1.54) is 11.6 Å². The molecule has 1 N–H and O–H groups in total. The van der Waals surface area contributed by atoms with E-state index in [1.54, 1.807) is 6.07 Å². The smallest absolute Gasteiger partial charge is 0.340 e. The molecule has 0 amide bonds. The van der Waals surface area contributed by atoms with Crippen molar-refractivity contribution in [2.45, 2.75) is 40.9 Å². The van der Waals surface area contributed by atoms with Gasteiger partial charge in [-0.1, -0.05) is 51.1 Å². The van der Waals surface area contributed by atoms with Gasteiger partial charge in [0.2, 0.25) is 0 Å². The lowest BCUT2D eigenvalue weighted by Gasteiger charge is -2.19. The third-order valence-corrected chi connectivity index (χ3v) is 6.61. The second kappa shape index (κ2) is 7.57. The van der Waals surface area contributed by atoms with Crippen molar-refractivity contribution in [3.63, 3.8) is 0 Å². The lowest BCUT2D eigenvalue weighted by molar-refractivity contribution is 0.0692. The predicted molar refractivity (Wildman–Crippen MR) is 107 cm³/mol. The number of hydrogen-bond acceptors (Lipinski definition) is 1. The molecule has 27 heavy (non-hydrogen) atoms. The zero-order chi connectivity index (χ0) is 19.6. The largest absolute Gasteiger partial charge is 0.478 e. The van der Waals surface area contributed by atoms with Crippen LogP contribution in [0.25, 0.3) is 0 Å². The molecule has 0 radical (unpaired) electrons. The van der Waals surface area contributed by atoms with Gasteiger partial charge in [-0.3, -0.25) is 0 Å². The fourth-order valence-corrected chi connectivity index (χ4v) is 5.07. The summed E-state index contributed by atoms with van der Waals surface area (Å²) in [6.07, 6.45) is 0. The van der Waals surface area contributed by atoms with Crippen LogP contribution in [0.3, 0.4) is 0 Å². The SMILES string of the molecule is CC(C)(C)c1ccc([S+](c2ccccc2)c2ccc(F)cc2C(=O)O)cc1. The molecule has 3 aromatic rings. The number of carboxylic acid groups (broad SMARTS) is 1. The van der Waals surface area contributed by atoms with Crippen molar-refractivity contribution in [3.05, 3.63) is 89.7 Å². The van der Waals surface area contributed by atoms with Crippen molar-refractivity contribution in [2.24, 2.45) is 0 Å². The summed E-state index contributed by atoms with van der Waals surface area (Å²) in [5, 5.41) is 9.62. The molecule has 0 aliphatic carbocycles. The highest BCUT2D eigenvalue weighted by Gasteiger charge is 2.33. The number of halogens is 1. The van der Waals surface area contributed by atoms with Gasteiger partial charge in [0.05, 0.1) is 0 Å². The summed E-state index contributed by atoms with van der Waals surface area (Å²) in [5.74, 6) is -1.67. The first kappa shape index (κ1) is 19.2. The van der Waals surface area contributed by atoms with E-state index in [1.807, 2.05) is 42.5 Å². The van der Waals surface area contributed by atoms with Crippen molar-refractivity contribution in [1.29, 1.82) is 0 Å². The van der Waals surface area contributed by atoms with Crippen LogP contribution < -0.4 is 0 Å². The van der Waals surface area contributed by atoms with E-state index in [-0.39, 0.29) is 11.0 Å². The van der Waals surface area contributed by atoms with Crippen molar-refractivity contribution >= 4 is 16.9 Å². The van der Waals surface area contributed by atoms with Gasteiger partial charge in [-0.2, -0.15) is 0 Å². The first-order valence-corrected chi connectivity index (χ1v) is 9.92. The molecule has 2 nitrogen and oxygen atoms in total. The molecule has 0 aliphatic rings. The van der Waals surface area contributed by atoms with Gasteiger partial charge in [-0.15, -0.1) is 0 Å². The van der Waals surface area contributed by atoms with Gasteiger partial charge in [-0.05, 0) is 53.4 Å². The average molecular weight is 381 g/mol. The first-order chi connectivity index (χ1) is 12.8. The summed E-state index contributed by atoms with van der Waals surface area (Å²) in [6.45, 7) is 6.46. The standard InChI is InChI=1S/C23H21FO2S/c1-23(2,3)16-9-12-19(13-10-16)27(18-7-5-4-6-8-18)21-14-11-17(24)15-20(21)22(25)26/h4-15H,1-3H3/p+1. The van der Waals surface area contributed by atoms with Gasteiger partial charge in [0.1, 0.15) is 22.3 Å². The van der Waals surface area contributed by atoms with Crippen molar-refractivity contribution in [3.8, 4) is 0 Å². The molecule has 3 aromatic carbocycles. The summed E-state index contributed by atoms with van der Waals surface area (Å²) in [7, 11) is -0.638. The Labute approximate surface area is 162 Å². The second-order valence-corrected chi connectivity index (χ2v) is 9.33. The maximum absolute atomic E-state index is 13.7. The van der Waals surface area contributed by atoms with Gasteiger partial charge in [0.25, 0.3) is 0 Å². The minimum atomic E-state index is -1.12. The fraction of sp³-hybridized carbons (Fsp3) is 0.174. The number of aromatic carboxylic acids is 1. The van der Waals surface area contributed by atoms with Gasteiger partial charge in [-0.25, -0.2) is 9.18 Å². The van der Waals surface area contributed by atoms with Crippen LogP contribution in [0.1, 0.15) is 36.7 Å². The summed E-state index contributed by atoms with van der Waals surface area (Å²) < 4.78 is 13.7. The Kier molecular flexibility index (Phi) is 5.38. The van der Waals surface area contributed by atoms with Crippen molar-refractivity contribution in [2.75, 3.05) is 0 Å². The quantitative estimate of drug-likeness (QED) is 0.570. The summed E-state index contributed by atoms with van der Waals surface area (Å²) >= 11 is 0. The van der Waals surface area contributed by atoms with Crippen molar-refractivity contribution < 1.29 is 14.3 Å². The topological polar surface area (TPSA) is 37.3 Å². The lowest BCUT2D eigenvalue weighted by Crippen LogP contribution is -2.13. The molecule has 138 valence electrons. The van der Waals surface area contributed by atoms with Crippen LogP contribution in [-0.4, -0.2) is 11.1 Å². The zero-order valence-electron chi connectivity index (χ0n) is 15.6. The summed E-state index contributed by atoms with van der Waals surface area (Å²) in [6, 6.07) is 22.0. The van der Waals surface area contributed by atoms with Crippen LogP contribution >= 0.6 is 0 Å². The monoisotopic (exact) mass is 381 g/mol. The Balaban J connectivity index is 2.19. The van der Waals surface area contributed by atoms with Crippen molar-refractivity contribution in [1.82, 2.24) is 0 Å². The Morgan fingerprint density at radius 2 is 1.48 bits per heavy atom. The molecular weight excluding hydrogens is 359 g/mol. The molecular formula is C23H22FO2S+. The maximum atomic E-state index is 13.7. The van der Waals surface area contributed by atoms with Crippen LogP contribution in [0.5, 0.6) is 0 Å². The van der Waals surface area contributed by atoms with Gasteiger partial charge in [0.15, 0.2) is 14.7 Å². The van der Waals surface area contributed by atoms with E-state index in [2.05, 4.69) is 32.9 Å². The fourth-order valence-electron chi connectivity index (χ4n) is 2.88. The summed E-state index contributed by atoms with van der Waals surface area (Å²) in [4.78, 5) is 14.4. The van der Waals surface area contributed by atoms with Crippen LogP contribution in [-0.2, 0) is 16.3 Å². The molecule has 4 heteroatoms. The Morgan fingerprint density at radius 1 is 0.889 bits per heavy atom. The highest BCUT2D eigenvalue weighted by molar-refractivity contribution is 7.97. The first-order valence-electron chi connectivity index (χ1n) is 8.70. The normalized spacial score (nSPS) is 12.6. The van der Waals surface area contributed by atoms with Gasteiger partial charge >= 0.3 is 5.97 Å². The van der Waals surface area contributed by atoms with Crippen LogP contribution in [0, 0.1) is 5.82 Å². The molecule has 0 saturated carbocycles. The Hall–Kier alpha value is -2.59. The third-order valence-electron chi connectivity index (χ3n) is 4.33. The van der Waals surface area contributed by atoms with E-state index in [0.29, 0.717) is 4.90 Å². The number of benzene rings is 3. The highest BCUT2D eigenvalue weighted by atomic mass is 32.2. The lowest BCUT2D eigenvalue weighted by atomic mass is 9.87. The molecule has 1 atom stereocenters. The molecule has 1 unspecified atom stereocenters. The molecule has 0 heterocycles. The van der Waals surface area contributed by atoms with Crippen LogP contribution in [0.2, 0.25) is 0 Å². The maximum Gasteiger partial charge on any atom is 0.340 e. The number of carbonyl (C=O) groups is 1. The molecule has 0 spiro atoms. The van der Waals surface area contributed by atoms with Crippen LogP contribution in [0.4, 0.5) is 4.39 Å². The number of rotatable bonds is 4. The van der Waals surface area contributed by atoms with Crippen LogP contribution in [0.15, 0.2) is 87.5 Å². The zero-order valence-corrected chi connectivity index (χ0v) is 16.4. The second-order valence-electron chi connectivity index (χ2n) is 7.34. The van der Waals surface area contributed by atoms with E-state index < -0.39 is 22.7 Å². The van der Waals surface area contributed by atoms with E-state index in [4.69, 9.17) is 0 Å². The van der Waals surface area contributed by atoms with Gasteiger partial charge in [0, 0.05) is 0 Å². The highest BCUT2D eigenvalue weighted by Crippen LogP contribution is 2.34. The molecule has 0 saturated heterocycles. The van der Waals surface area contributed by atoms with E-state index in [0.717, 1.165) is 15.9 Å². The average Bonchev–Trinajstić information content (AvgIpc) is 2.63. The minimum absolute atomic E-state index is 0.00193. The van der Waals surface area contributed by atoms with Gasteiger partial charge < -0.3 is 5.11 Å². The minimum Gasteiger partial charge on any atom is -0.478 e. The molecule has 0 fully saturated rings. The molecule has 0 bridgehead atoms. The summed E-state index contributed by atoms with van der Waals surface area (Å²) in [5.41, 5.74) is 1.24. The van der Waals surface area contributed by atoms with E-state index in [9.17, 15) is 14.3 Å². The predicted octanol–water partition coefficient (Wildman–Crippen LogP) is 5.92. The Bertz CT molecular complexity index is 944. The third kappa shape index (κ3) is 4.22. The number of hydrogen-bond donors (Lipinski definition) is 1.